The molecule has 25 heavy (non-hydrogen) atoms. The van der Waals surface area contributed by atoms with Crippen LogP contribution in [0.1, 0.15) is 35.8 Å². The van der Waals surface area contributed by atoms with Crippen molar-refractivity contribution in [1.82, 2.24) is 20.1 Å². The number of hydrogen-bond acceptors (Lipinski definition) is 5. The van der Waals surface area contributed by atoms with Gasteiger partial charge in [0, 0.05) is 31.0 Å². The molecule has 1 unspecified atom stereocenters. The minimum absolute atomic E-state index is 0.307. The number of rotatable bonds is 4. The molecule has 3 aromatic rings. The first-order valence-electron chi connectivity index (χ1n) is 8.79. The zero-order valence-electron chi connectivity index (χ0n) is 14.4. The van der Waals surface area contributed by atoms with Gasteiger partial charge in [-0.25, -0.2) is 0 Å². The third-order valence-electron chi connectivity index (χ3n) is 4.71. The fraction of sp³-hybridized carbons (Fsp3) is 0.350. The van der Waals surface area contributed by atoms with Gasteiger partial charge in [0.1, 0.15) is 0 Å². The van der Waals surface area contributed by atoms with E-state index in [9.17, 15) is 0 Å². The van der Waals surface area contributed by atoms with Crippen molar-refractivity contribution in [1.29, 1.82) is 0 Å². The van der Waals surface area contributed by atoms with Gasteiger partial charge in [-0.2, -0.15) is 0 Å². The minimum atomic E-state index is 0.307. The fourth-order valence-corrected chi connectivity index (χ4v) is 3.48. The molecule has 5 heteroatoms. The Morgan fingerprint density at radius 1 is 1.16 bits per heavy atom. The second-order valence-corrected chi connectivity index (χ2v) is 6.74. The van der Waals surface area contributed by atoms with Crippen LogP contribution >= 0.6 is 0 Å². The molecule has 0 amide bonds. The maximum Gasteiger partial charge on any atom is 0.247 e. The van der Waals surface area contributed by atoms with Crippen LogP contribution in [0.25, 0.3) is 11.5 Å². The van der Waals surface area contributed by atoms with Gasteiger partial charge in [-0.15, -0.1) is 10.2 Å². The molecule has 1 aliphatic heterocycles. The van der Waals surface area contributed by atoms with E-state index in [2.05, 4.69) is 51.3 Å². The molecule has 0 bridgehead atoms. The van der Waals surface area contributed by atoms with Crippen LogP contribution in [0.2, 0.25) is 0 Å². The molecule has 1 saturated heterocycles. The first-order valence-corrected chi connectivity index (χ1v) is 8.79. The van der Waals surface area contributed by atoms with E-state index in [4.69, 9.17) is 4.42 Å². The van der Waals surface area contributed by atoms with Gasteiger partial charge in [-0.1, -0.05) is 29.8 Å². The second kappa shape index (κ2) is 7.15. The van der Waals surface area contributed by atoms with Gasteiger partial charge in [-0.3, -0.25) is 9.88 Å². The average Bonchev–Trinajstić information content (AvgIpc) is 3.13. The van der Waals surface area contributed by atoms with Crippen molar-refractivity contribution < 1.29 is 4.42 Å². The zero-order chi connectivity index (χ0) is 17.1. The molecule has 0 N–H and O–H groups in total. The first kappa shape index (κ1) is 16.0. The quantitative estimate of drug-likeness (QED) is 0.726. The summed E-state index contributed by atoms with van der Waals surface area (Å²) in [7, 11) is 0. The average molecular weight is 334 g/mol. The molecule has 0 radical (unpaired) electrons. The highest BCUT2D eigenvalue weighted by atomic mass is 16.4. The van der Waals surface area contributed by atoms with Gasteiger partial charge in [0.2, 0.25) is 11.8 Å². The fourth-order valence-electron chi connectivity index (χ4n) is 3.48. The van der Waals surface area contributed by atoms with E-state index in [1.807, 2.05) is 12.1 Å². The van der Waals surface area contributed by atoms with Crippen LogP contribution in [0.3, 0.4) is 0 Å². The van der Waals surface area contributed by atoms with Crippen molar-refractivity contribution in [2.75, 3.05) is 13.1 Å². The Morgan fingerprint density at radius 3 is 2.88 bits per heavy atom. The van der Waals surface area contributed by atoms with E-state index < -0.39 is 0 Å². The third-order valence-corrected chi connectivity index (χ3v) is 4.71. The Labute approximate surface area is 147 Å². The number of aryl methyl sites for hydroxylation is 1. The molecule has 0 spiro atoms. The smallest absolute Gasteiger partial charge is 0.247 e. The molecule has 0 aliphatic carbocycles. The lowest BCUT2D eigenvalue weighted by molar-refractivity contribution is 0.186. The van der Waals surface area contributed by atoms with E-state index in [1.165, 1.54) is 11.1 Å². The maximum absolute atomic E-state index is 5.95. The molecule has 2 aromatic heterocycles. The van der Waals surface area contributed by atoms with Gasteiger partial charge in [0.15, 0.2) is 0 Å². The summed E-state index contributed by atoms with van der Waals surface area (Å²) in [4.78, 5) is 6.51. The van der Waals surface area contributed by atoms with Crippen molar-refractivity contribution in [3.05, 3.63) is 65.8 Å². The highest BCUT2D eigenvalue weighted by Crippen LogP contribution is 2.29. The van der Waals surface area contributed by atoms with E-state index in [0.29, 0.717) is 11.8 Å². The van der Waals surface area contributed by atoms with Crippen LogP contribution < -0.4 is 0 Å². The Balaban J connectivity index is 1.45. The van der Waals surface area contributed by atoms with Gasteiger partial charge in [0.25, 0.3) is 0 Å². The maximum atomic E-state index is 5.95. The molecule has 128 valence electrons. The summed E-state index contributed by atoms with van der Waals surface area (Å²) in [5.74, 6) is 1.63. The van der Waals surface area contributed by atoms with Crippen LogP contribution in [0.5, 0.6) is 0 Å². The number of aromatic nitrogens is 3. The largest absolute Gasteiger partial charge is 0.420 e. The van der Waals surface area contributed by atoms with Crippen molar-refractivity contribution in [3.63, 3.8) is 0 Å². The monoisotopic (exact) mass is 334 g/mol. The van der Waals surface area contributed by atoms with Gasteiger partial charge < -0.3 is 4.42 Å². The van der Waals surface area contributed by atoms with Gasteiger partial charge in [-0.05, 0) is 44.0 Å². The van der Waals surface area contributed by atoms with E-state index in [0.717, 1.165) is 43.9 Å². The zero-order valence-corrected chi connectivity index (χ0v) is 14.4. The topological polar surface area (TPSA) is 55.1 Å². The molecule has 1 atom stereocenters. The summed E-state index contributed by atoms with van der Waals surface area (Å²) in [6.45, 7) is 5.20. The van der Waals surface area contributed by atoms with E-state index in [1.54, 1.807) is 12.4 Å². The Bertz CT molecular complexity index is 830. The summed E-state index contributed by atoms with van der Waals surface area (Å²) in [5, 5.41) is 8.53. The summed E-state index contributed by atoms with van der Waals surface area (Å²) < 4.78 is 5.95. The molecule has 1 fully saturated rings. The van der Waals surface area contributed by atoms with Gasteiger partial charge in [0.05, 0.1) is 5.92 Å². The summed E-state index contributed by atoms with van der Waals surface area (Å²) in [5.41, 5.74) is 3.59. The Morgan fingerprint density at radius 2 is 2.04 bits per heavy atom. The molecular formula is C20H22N4O. The number of pyridine rings is 1. The van der Waals surface area contributed by atoms with Crippen molar-refractivity contribution in [3.8, 4) is 11.5 Å². The second-order valence-electron chi connectivity index (χ2n) is 6.74. The number of hydrogen-bond donors (Lipinski definition) is 0. The number of nitrogens with zero attached hydrogens (tertiary/aromatic N) is 4. The predicted molar refractivity (Wildman–Crippen MR) is 96.0 cm³/mol. The minimum Gasteiger partial charge on any atom is -0.420 e. The van der Waals surface area contributed by atoms with E-state index >= 15 is 0 Å². The molecule has 1 aromatic carbocycles. The highest BCUT2D eigenvalue weighted by Gasteiger charge is 2.26. The Hall–Kier alpha value is -2.53. The molecule has 5 nitrogen and oxygen atoms in total. The molecule has 3 heterocycles. The number of likely N-dealkylation sites (tertiary alicyclic amines) is 1. The normalized spacial score (nSPS) is 18.4. The van der Waals surface area contributed by atoms with Crippen molar-refractivity contribution in [2.24, 2.45) is 0 Å². The van der Waals surface area contributed by atoms with Crippen LogP contribution in [0.15, 0.2) is 53.2 Å². The summed E-state index contributed by atoms with van der Waals surface area (Å²) >= 11 is 0. The summed E-state index contributed by atoms with van der Waals surface area (Å²) in [6.07, 6.45) is 5.73. The van der Waals surface area contributed by atoms with Crippen molar-refractivity contribution >= 4 is 0 Å². The molecular weight excluding hydrogens is 312 g/mol. The Kier molecular flexibility index (Phi) is 4.57. The van der Waals surface area contributed by atoms with Gasteiger partial charge >= 0.3 is 0 Å². The lowest BCUT2D eigenvalue weighted by atomic mass is 9.97. The van der Waals surface area contributed by atoms with Crippen LogP contribution in [0.4, 0.5) is 0 Å². The lowest BCUT2D eigenvalue weighted by Crippen LogP contribution is -2.34. The molecule has 0 saturated carbocycles. The third kappa shape index (κ3) is 3.77. The number of piperidine rings is 1. The highest BCUT2D eigenvalue weighted by molar-refractivity contribution is 5.50. The van der Waals surface area contributed by atoms with Crippen LogP contribution in [-0.4, -0.2) is 33.2 Å². The van der Waals surface area contributed by atoms with Crippen molar-refractivity contribution in [2.45, 2.75) is 32.2 Å². The lowest BCUT2D eigenvalue weighted by Gasteiger charge is -2.31. The predicted octanol–water partition coefficient (Wildman–Crippen LogP) is 3.82. The van der Waals surface area contributed by atoms with Crippen LogP contribution in [-0.2, 0) is 6.54 Å². The number of benzene rings is 1. The first-order chi connectivity index (χ1) is 12.3. The van der Waals surface area contributed by atoms with E-state index in [-0.39, 0.29) is 0 Å². The molecule has 4 rings (SSSR count). The SMILES string of the molecule is Cc1cccc(CN2CCCC(c3nnc(-c4ccncc4)o3)C2)c1. The van der Waals surface area contributed by atoms with Crippen LogP contribution in [0, 0.1) is 6.92 Å². The molecule has 1 aliphatic rings. The summed E-state index contributed by atoms with van der Waals surface area (Å²) in [6, 6.07) is 12.5. The standard InChI is InChI=1S/C20H22N4O/c1-15-4-2-5-16(12-15)13-24-11-3-6-18(14-24)20-23-22-19(25-20)17-7-9-21-10-8-17/h2,4-5,7-10,12,18H,3,6,11,13-14H2,1H3.